The third-order valence-electron chi connectivity index (χ3n) is 5.24. The summed E-state index contributed by atoms with van der Waals surface area (Å²) < 4.78 is 89.7. The monoisotopic (exact) mass is 545 g/mol. The van der Waals surface area contributed by atoms with Gasteiger partial charge in [-0.2, -0.15) is 31.3 Å². The van der Waals surface area contributed by atoms with Gasteiger partial charge in [0.05, 0.1) is 29.7 Å². The predicted molar refractivity (Wildman–Crippen MR) is 122 cm³/mol. The minimum absolute atomic E-state index is 0.0208. The number of hydrogen-bond donors (Lipinski definition) is 1. The van der Waals surface area contributed by atoms with E-state index in [9.17, 15) is 35.9 Å². The molecule has 2 aliphatic rings. The van der Waals surface area contributed by atoms with Crippen molar-refractivity contribution < 1.29 is 45.4 Å². The van der Waals surface area contributed by atoms with Crippen molar-refractivity contribution in [1.29, 1.82) is 0 Å². The van der Waals surface area contributed by atoms with Gasteiger partial charge in [0.15, 0.2) is 16.7 Å². The minimum Gasteiger partial charge on any atom is -0.493 e. The molecule has 2 aromatic carbocycles. The summed E-state index contributed by atoms with van der Waals surface area (Å²) in [6, 6.07) is 5.15. The Hall–Kier alpha value is -3.68. The zero-order chi connectivity index (χ0) is 27.0. The smallest absolute Gasteiger partial charge is 0.420 e. The van der Waals surface area contributed by atoms with E-state index >= 15 is 0 Å². The van der Waals surface area contributed by atoms with Crippen molar-refractivity contribution in [2.75, 3.05) is 26.7 Å². The number of methoxy groups -OCH3 is 1. The summed E-state index contributed by atoms with van der Waals surface area (Å²) in [5, 5.41) is 3.05. The zero-order valence-corrected chi connectivity index (χ0v) is 19.7. The molecule has 0 atom stereocenters. The van der Waals surface area contributed by atoms with Crippen LogP contribution in [0.5, 0.6) is 17.2 Å². The summed E-state index contributed by atoms with van der Waals surface area (Å²) in [4.78, 5) is 29.8. The first-order valence-electron chi connectivity index (χ1n) is 10.5. The number of benzene rings is 2. The first kappa shape index (κ1) is 26.4. The molecule has 2 heterocycles. The van der Waals surface area contributed by atoms with Crippen molar-refractivity contribution in [3.8, 4) is 17.2 Å². The fourth-order valence-corrected chi connectivity index (χ4v) is 4.42. The highest BCUT2D eigenvalue weighted by molar-refractivity contribution is 8.18. The first-order valence-corrected chi connectivity index (χ1v) is 11.4. The average Bonchev–Trinajstić information content (AvgIpc) is 3.19. The number of amidine groups is 1. The number of alkyl halides is 6. The molecule has 4 rings (SSSR count). The molecule has 0 spiro atoms. The van der Waals surface area contributed by atoms with Gasteiger partial charge < -0.3 is 19.7 Å². The van der Waals surface area contributed by atoms with E-state index in [1.807, 2.05) is 0 Å². The van der Waals surface area contributed by atoms with E-state index in [0.717, 1.165) is 11.8 Å². The van der Waals surface area contributed by atoms with Crippen LogP contribution < -0.4 is 14.8 Å². The topological polar surface area (TPSA) is 80.2 Å². The highest BCUT2D eigenvalue weighted by Gasteiger charge is 2.39. The molecule has 7 nitrogen and oxygen atoms in total. The molecule has 0 aliphatic carbocycles. The van der Waals surface area contributed by atoms with Gasteiger partial charge in [0, 0.05) is 13.1 Å². The highest BCUT2D eigenvalue weighted by Crippen LogP contribution is 2.43. The molecule has 14 heteroatoms. The van der Waals surface area contributed by atoms with E-state index in [4.69, 9.17) is 9.47 Å². The molecular formula is C23H17F6N3O4S. The summed E-state index contributed by atoms with van der Waals surface area (Å²) >= 11 is 1.07. The van der Waals surface area contributed by atoms with Crippen LogP contribution in [0.3, 0.4) is 0 Å². The Morgan fingerprint density at radius 1 is 1.00 bits per heavy atom. The van der Waals surface area contributed by atoms with Gasteiger partial charge >= 0.3 is 12.4 Å². The lowest BCUT2D eigenvalue weighted by Gasteiger charge is -2.27. The summed E-state index contributed by atoms with van der Waals surface area (Å²) in [5.74, 6) is -1.76. The minimum atomic E-state index is -5.11. The molecule has 2 amide bonds. The number of amides is 2. The van der Waals surface area contributed by atoms with Crippen LogP contribution in [0.1, 0.15) is 16.7 Å². The van der Waals surface area contributed by atoms with Crippen LogP contribution in [-0.4, -0.2) is 48.6 Å². The van der Waals surface area contributed by atoms with E-state index in [1.165, 1.54) is 31.4 Å². The van der Waals surface area contributed by atoms with Gasteiger partial charge in [-0.15, -0.1) is 0 Å². The lowest BCUT2D eigenvalue weighted by Crippen LogP contribution is -2.49. The van der Waals surface area contributed by atoms with Crippen LogP contribution in [0.4, 0.5) is 26.3 Å². The fourth-order valence-electron chi connectivity index (χ4n) is 3.48. The number of carbonyl (C=O) groups is 2. The van der Waals surface area contributed by atoms with E-state index in [-0.39, 0.29) is 34.9 Å². The zero-order valence-electron chi connectivity index (χ0n) is 18.9. The molecule has 0 aromatic heterocycles. The number of nitrogens with zero attached hydrogens (tertiary/aromatic N) is 2. The molecule has 37 heavy (non-hydrogen) atoms. The van der Waals surface area contributed by atoms with Crippen molar-refractivity contribution in [2.45, 2.75) is 12.4 Å². The molecule has 2 aromatic rings. The Balaban J connectivity index is 1.57. The standard InChI is InChI=1S/C23H17F6N3O4S/c1-35-17-8-12(9-18-20(34)31-21(37-18)32-7-6-30-19(33)11-32)2-4-16(17)36-15-5-3-13(22(24,25)26)10-14(15)23(27,28)29/h2-5,8-10H,6-7,11H2,1H3,(H,30,33)/b18-9-. The van der Waals surface area contributed by atoms with Crippen LogP contribution in [0.2, 0.25) is 0 Å². The number of nitrogens with one attached hydrogen (secondary N) is 1. The van der Waals surface area contributed by atoms with Crippen molar-refractivity contribution >= 4 is 34.8 Å². The lowest BCUT2D eigenvalue weighted by molar-refractivity contribution is -0.143. The molecule has 1 N–H and O–H groups in total. The molecule has 0 radical (unpaired) electrons. The summed E-state index contributed by atoms with van der Waals surface area (Å²) in [6.07, 6.45) is -8.59. The van der Waals surface area contributed by atoms with Gasteiger partial charge in [0.1, 0.15) is 5.75 Å². The number of thioether (sulfide) groups is 1. The second-order valence-electron chi connectivity index (χ2n) is 7.80. The average molecular weight is 545 g/mol. The quantitative estimate of drug-likeness (QED) is 0.434. The lowest BCUT2D eigenvalue weighted by atomic mass is 10.1. The largest absolute Gasteiger partial charge is 0.493 e. The summed E-state index contributed by atoms with van der Waals surface area (Å²) in [5.41, 5.74) is -2.64. The van der Waals surface area contributed by atoms with E-state index in [1.54, 1.807) is 4.90 Å². The molecule has 2 aliphatic heterocycles. The predicted octanol–water partition coefficient (Wildman–Crippen LogP) is 4.93. The normalized spacial score (nSPS) is 17.6. The van der Waals surface area contributed by atoms with Gasteiger partial charge in [-0.1, -0.05) is 6.07 Å². The Kier molecular flexibility index (Phi) is 7.13. The maximum absolute atomic E-state index is 13.5. The molecule has 1 fully saturated rings. The molecule has 0 saturated carbocycles. The number of ether oxygens (including phenoxy) is 2. The first-order chi connectivity index (χ1) is 17.3. The van der Waals surface area contributed by atoms with Crippen LogP contribution >= 0.6 is 11.8 Å². The van der Waals surface area contributed by atoms with E-state index in [0.29, 0.717) is 36.0 Å². The Bertz CT molecular complexity index is 1310. The third-order valence-corrected chi connectivity index (χ3v) is 6.28. The fraction of sp³-hybridized carbons (Fsp3) is 0.261. The molecular weight excluding hydrogens is 528 g/mol. The van der Waals surface area contributed by atoms with E-state index in [2.05, 4.69) is 10.3 Å². The number of piperazine rings is 1. The van der Waals surface area contributed by atoms with Crippen LogP contribution in [-0.2, 0) is 21.9 Å². The summed E-state index contributed by atoms with van der Waals surface area (Å²) in [7, 11) is 1.23. The Labute approximate surface area is 210 Å². The van der Waals surface area contributed by atoms with Gasteiger partial charge in [-0.3, -0.25) is 9.59 Å². The maximum atomic E-state index is 13.5. The number of hydrogen-bond acceptors (Lipinski definition) is 6. The summed E-state index contributed by atoms with van der Waals surface area (Å²) in [6.45, 7) is 0.970. The van der Waals surface area contributed by atoms with Gasteiger partial charge in [0.2, 0.25) is 5.91 Å². The van der Waals surface area contributed by atoms with Crippen LogP contribution in [0, 0.1) is 0 Å². The molecule has 1 saturated heterocycles. The number of carbonyl (C=O) groups excluding carboxylic acids is 2. The second-order valence-corrected chi connectivity index (χ2v) is 8.81. The molecule has 0 bridgehead atoms. The highest BCUT2D eigenvalue weighted by atomic mass is 32.2. The molecule has 196 valence electrons. The Morgan fingerprint density at radius 2 is 1.73 bits per heavy atom. The van der Waals surface area contributed by atoms with Gasteiger partial charge in [-0.05, 0) is 53.7 Å². The Morgan fingerprint density at radius 3 is 2.38 bits per heavy atom. The van der Waals surface area contributed by atoms with E-state index < -0.39 is 35.1 Å². The van der Waals surface area contributed by atoms with Crippen molar-refractivity contribution in [3.63, 3.8) is 0 Å². The number of aliphatic imine (C=N–C) groups is 1. The number of rotatable bonds is 4. The van der Waals surface area contributed by atoms with Crippen molar-refractivity contribution in [1.82, 2.24) is 10.2 Å². The van der Waals surface area contributed by atoms with Crippen molar-refractivity contribution in [2.24, 2.45) is 4.99 Å². The van der Waals surface area contributed by atoms with Gasteiger partial charge in [0.25, 0.3) is 5.91 Å². The maximum Gasteiger partial charge on any atom is 0.420 e. The molecule has 0 unspecified atom stereocenters. The third kappa shape index (κ3) is 6.01. The second kappa shape index (κ2) is 10.00. The number of halogens is 6. The van der Waals surface area contributed by atoms with Gasteiger partial charge in [-0.25, -0.2) is 0 Å². The SMILES string of the molecule is COc1cc(/C=C2\SC(N3CCNC(=O)C3)=NC2=O)ccc1Oc1ccc(C(F)(F)F)cc1C(F)(F)F. The van der Waals surface area contributed by atoms with Crippen LogP contribution in [0.25, 0.3) is 6.08 Å². The van der Waals surface area contributed by atoms with Crippen molar-refractivity contribution in [3.05, 3.63) is 58.0 Å². The van der Waals surface area contributed by atoms with Crippen LogP contribution in [0.15, 0.2) is 46.3 Å².